The van der Waals surface area contributed by atoms with E-state index in [0.29, 0.717) is 12.8 Å². The third-order valence-corrected chi connectivity index (χ3v) is 9.30. The van der Waals surface area contributed by atoms with Crippen LogP contribution in [0.2, 0.25) is 0 Å². The summed E-state index contributed by atoms with van der Waals surface area (Å²) in [4.78, 5) is 36.9. The highest BCUT2D eigenvalue weighted by molar-refractivity contribution is 5.70. The Bertz CT molecular complexity index is 1470. The highest BCUT2D eigenvalue weighted by Crippen LogP contribution is 2.10. The molecular formula is C54H83NO7. The summed E-state index contributed by atoms with van der Waals surface area (Å²) in [6, 6.07) is -0.753. The van der Waals surface area contributed by atoms with Gasteiger partial charge in [0.15, 0.2) is 6.10 Å². The molecule has 0 fully saturated rings. The van der Waals surface area contributed by atoms with Crippen molar-refractivity contribution in [2.75, 3.05) is 41.0 Å². The molecule has 62 heavy (non-hydrogen) atoms. The molecule has 0 aliphatic rings. The fourth-order valence-corrected chi connectivity index (χ4v) is 5.77. The van der Waals surface area contributed by atoms with Crippen molar-refractivity contribution in [3.8, 4) is 0 Å². The third kappa shape index (κ3) is 40.9. The Morgan fingerprint density at radius 3 is 1.29 bits per heavy atom. The lowest BCUT2D eigenvalue weighted by atomic mass is 10.1. The molecule has 0 aromatic rings. The molecule has 0 aliphatic carbocycles. The van der Waals surface area contributed by atoms with E-state index < -0.39 is 24.1 Å². The summed E-state index contributed by atoms with van der Waals surface area (Å²) in [5.74, 6) is -1.91. The van der Waals surface area contributed by atoms with E-state index in [0.717, 1.165) is 89.9 Å². The minimum absolute atomic E-state index is 0.0104. The number of carbonyl (C=O) groups is 3. The van der Waals surface area contributed by atoms with Crippen LogP contribution in [0.5, 0.6) is 0 Å². The third-order valence-electron chi connectivity index (χ3n) is 9.30. The Kier molecular flexibility index (Phi) is 40.0. The zero-order chi connectivity index (χ0) is 45.6. The van der Waals surface area contributed by atoms with Crippen molar-refractivity contribution < 1.29 is 38.2 Å². The monoisotopic (exact) mass is 858 g/mol. The standard InChI is InChI=1S/C54H83NO7/c1-6-8-10-12-14-16-18-20-22-24-25-26-27-28-29-31-32-34-36-38-40-42-44-52(56)61-49-50(48-60-47-46-51(54(58)59)55(3,4)5)62-53(57)45-43-41-39-37-35-33-30-23-21-19-17-15-13-11-9-7-2/h8-11,14-17,20-23,25-26,28-29,32-35,39,41,50-51H,6-7,12-13,18-19,24,27,30-31,36-38,40,42-49H2,1-5H3/b10-8+,11-9+,16-14+,17-15+,22-20+,23-21+,26-25+,29-28+,34-32+,35-33+,41-39+. The lowest BCUT2D eigenvalue weighted by molar-refractivity contribution is -0.889. The van der Waals surface area contributed by atoms with Crippen LogP contribution in [0.1, 0.15) is 136 Å². The molecule has 8 heteroatoms. The van der Waals surface area contributed by atoms with Crippen molar-refractivity contribution in [2.24, 2.45) is 0 Å². The second-order valence-corrected chi connectivity index (χ2v) is 15.9. The number of carboxylic acid groups (broad SMARTS) is 1. The summed E-state index contributed by atoms with van der Waals surface area (Å²) in [7, 11) is 5.35. The summed E-state index contributed by atoms with van der Waals surface area (Å²) < 4.78 is 17.1. The highest BCUT2D eigenvalue weighted by Gasteiger charge is 2.25. The number of allylic oxidation sites excluding steroid dienone is 22. The van der Waals surface area contributed by atoms with Crippen LogP contribution < -0.4 is 5.11 Å². The Hall–Kier alpha value is -4.53. The predicted octanol–water partition coefficient (Wildman–Crippen LogP) is 11.9. The molecule has 0 aromatic carbocycles. The van der Waals surface area contributed by atoms with Crippen molar-refractivity contribution in [2.45, 2.75) is 148 Å². The van der Waals surface area contributed by atoms with Crippen molar-refractivity contribution >= 4 is 17.9 Å². The van der Waals surface area contributed by atoms with E-state index in [-0.39, 0.29) is 49.5 Å². The van der Waals surface area contributed by atoms with Crippen LogP contribution in [0.15, 0.2) is 134 Å². The second-order valence-electron chi connectivity index (χ2n) is 15.9. The summed E-state index contributed by atoms with van der Waals surface area (Å²) in [6.07, 6.45) is 62.1. The van der Waals surface area contributed by atoms with Gasteiger partial charge in [0.25, 0.3) is 0 Å². The first-order valence-corrected chi connectivity index (χ1v) is 23.2. The number of hydrogen-bond acceptors (Lipinski definition) is 7. The highest BCUT2D eigenvalue weighted by atomic mass is 16.6. The Morgan fingerprint density at radius 2 is 0.887 bits per heavy atom. The first-order valence-electron chi connectivity index (χ1n) is 23.2. The van der Waals surface area contributed by atoms with Gasteiger partial charge in [0, 0.05) is 19.3 Å². The van der Waals surface area contributed by atoms with Crippen molar-refractivity contribution in [3.05, 3.63) is 134 Å². The number of unbranched alkanes of at least 4 members (excludes halogenated alkanes) is 3. The number of carbonyl (C=O) groups excluding carboxylic acids is 3. The number of ether oxygens (including phenoxy) is 3. The molecule has 0 aromatic heterocycles. The fourth-order valence-electron chi connectivity index (χ4n) is 5.77. The van der Waals surface area contributed by atoms with Gasteiger partial charge in [-0.15, -0.1) is 0 Å². The summed E-state index contributed by atoms with van der Waals surface area (Å²) >= 11 is 0. The average Bonchev–Trinajstić information content (AvgIpc) is 3.23. The number of esters is 2. The SMILES string of the molecule is CC/C=C/C/C=C/C/C=C/C/C=C/C/C=C/C/C=C/CCCCCC(=O)OCC(COCCC(C(=O)[O-])[N+](C)(C)C)OC(=O)CC/C=C/C/C=C/C/C=C/C/C=C/C/C=C/CC. The molecule has 8 nitrogen and oxygen atoms in total. The van der Waals surface area contributed by atoms with Crippen LogP contribution in [0, 0.1) is 0 Å². The Morgan fingerprint density at radius 1 is 0.484 bits per heavy atom. The molecule has 0 rings (SSSR count). The fraction of sp³-hybridized carbons (Fsp3) is 0.537. The molecule has 0 saturated heterocycles. The van der Waals surface area contributed by atoms with Crippen molar-refractivity contribution in [3.63, 3.8) is 0 Å². The molecule has 2 atom stereocenters. The number of nitrogens with zero attached hydrogens (tertiary/aromatic N) is 1. The van der Waals surface area contributed by atoms with Gasteiger partial charge in [0.2, 0.25) is 0 Å². The maximum atomic E-state index is 12.7. The lowest BCUT2D eigenvalue weighted by Crippen LogP contribution is -2.55. The smallest absolute Gasteiger partial charge is 0.306 e. The maximum absolute atomic E-state index is 12.7. The van der Waals surface area contributed by atoms with Gasteiger partial charge in [0.1, 0.15) is 12.6 Å². The van der Waals surface area contributed by atoms with Gasteiger partial charge >= 0.3 is 11.9 Å². The summed E-state index contributed by atoms with van der Waals surface area (Å²) in [5, 5.41) is 11.6. The molecule has 0 radical (unpaired) electrons. The number of hydrogen-bond donors (Lipinski definition) is 0. The van der Waals surface area contributed by atoms with Gasteiger partial charge in [-0.05, 0) is 96.3 Å². The zero-order valence-corrected chi connectivity index (χ0v) is 39.2. The minimum atomic E-state index is -1.15. The topological polar surface area (TPSA) is 102 Å². The quantitative estimate of drug-likeness (QED) is 0.0262. The van der Waals surface area contributed by atoms with Crippen LogP contribution in [0.25, 0.3) is 0 Å². The van der Waals surface area contributed by atoms with Gasteiger partial charge < -0.3 is 28.6 Å². The van der Waals surface area contributed by atoms with Crippen LogP contribution >= 0.6 is 0 Å². The van der Waals surface area contributed by atoms with Gasteiger partial charge in [-0.2, -0.15) is 0 Å². The maximum Gasteiger partial charge on any atom is 0.306 e. The van der Waals surface area contributed by atoms with Gasteiger partial charge in [-0.25, -0.2) is 0 Å². The number of quaternary nitrogens is 1. The molecule has 0 bridgehead atoms. The molecule has 0 saturated carbocycles. The van der Waals surface area contributed by atoms with E-state index in [1.807, 2.05) is 12.2 Å². The van der Waals surface area contributed by atoms with Gasteiger partial charge in [-0.3, -0.25) is 9.59 Å². The lowest BCUT2D eigenvalue weighted by Gasteiger charge is -2.34. The van der Waals surface area contributed by atoms with Crippen LogP contribution in [-0.2, 0) is 28.6 Å². The minimum Gasteiger partial charge on any atom is -0.544 e. The number of rotatable bonds is 39. The Labute approximate surface area is 377 Å². The van der Waals surface area contributed by atoms with E-state index >= 15 is 0 Å². The number of carboxylic acids is 1. The van der Waals surface area contributed by atoms with E-state index in [1.165, 1.54) is 0 Å². The Balaban J connectivity index is 4.50. The first-order chi connectivity index (χ1) is 30.1. The number of aliphatic carboxylic acids is 1. The predicted molar refractivity (Wildman–Crippen MR) is 258 cm³/mol. The summed E-state index contributed by atoms with van der Waals surface area (Å²) in [6.45, 7) is 4.28. The normalized spacial score (nSPS) is 14.1. The average molecular weight is 858 g/mol. The van der Waals surface area contributed by atoms with Crippen LogP contribution in [0.3, 0.4) is 0 Å². The largest absolute Gasteiger partial charge is 0.544 e. The molecule has 0 spiro atoms. The van der Waals surface area contributed by atoms with Crippen LogP contribution in [0.4, 0.5) is 0 Å². The van der Waals surface area contributed by atoms with Crippen molar-refractivity contribution in [1.82, 2.24) is 0 Å². The second kappa shape index (κ2) is 43.1. The summed E-state index contributed by atoms with van der Waals surface area (Å²) in [5.41, 5.74) is 0. The molecule has 0 heterocycles. The van der Waals surface area contributed by atoms with E-state index in [9.17, 15) is 19.5 Å². The van der Waals surface area contributed by atoms with Gasteiger partial charge in [-0.1, -0.05) is 154 Å². The van der Waals surface area contributed by atoms with Crippen LogP contribution in [-0.4, -0.2) is 75.5 Å². The van der Waals surface area contributed by atoms with Gasteiger partial charge in [0.05, 0.1) is 40.3 Å². The van der Waals surface area contributed by atoms with E-state index in [2.05, 4.69) is 135 Å². The first kappa shape index (κ1) is 57.5. The zero-order valence-electron chi connectivity index (χ0n) is 39.2. The molecule has 2 unspecified atom stereocenters. The number of likely N-dealkylation sites (N-methyl/N-ethyl adjacent to an activating group) is 1. The van der Waals surface area contributed by atoms with E-state index in [1.54, 1.807) is 21.1 Å². The van der Waals surface area contributed by atoms with E-state index in [4.69, 9.17) is 14.2 Å². The molecule has 0 N–H and O–H groups in total. The molecule has 0 amide bonds. The molecule has 346 valence electrons. The van der Waals surface area contributed by atoms with Crippen molar-refractivity contribution in [1.29, 1.82) is 0 Å². The molecular weight excluding hydrogens is 775 g/mol. The molecule has 0 aliphatic heterocycles.